The first-order chi connectivity index (χ1) is 13.0. The van der Waals surface area contributed by atoms with Crippen LogP contribution in [-0.4, -0.2) is 62.4 Å². The van der Waals surface area contributed by atoms with Crippen LogP contribution in [0.1, 0.15) is 12.5 Å². The number of nitrogens with one attached hydrogen (secondary N) is 1. The molecule has 0 radical (unpaired) electrons. The summed E-state index contributed by atoms with van der Waals surface area (Å²) in [6.07, 6.45) is -1.95. The molecule has 3 atom stereocenters. The quantitative estimate of drug-likeness (QED) is 0.495. The highest BCUT2D eigenvalue weighted by atomic mass is 32.3. The summed E-state index contributed by atoms with van der Waals surface area (Å²) in [5.74, 6) is -1.68. The van der Waals surface area contributed by atoms with Crippen LogP contribution < -0.4 is 10.2 Å². The topological polar surface area (TPSA) is 140 Å². The molecule has 5 N–H and O–H groups in total. The lowest BCUT2D eigenvalue weighted by molar-refractivity contribution is -0.119. The smallest absolute Gasteiger partial charge is 0.414 e. The Morgan fingerprint density at radius 1 is 1.46 bits per heavy atom. The fourth-order valence-electron chi connectivity index (χ4n) is 3.10. The molecule has 0 spiro atoms. The fourth-order valence-corrected chi connectivity index (χ4v) is 4.36. The van der Waals surface area contributed by atoms with Crippen molar-refractivity contribution in [2.75, 3.05) is 23.7 Å². The van der Waals surface area contributed by atoms with E-state index in [1.54, 1.807) is 0 Å². The SMILES string of the molecule is CC(=O)NC[C@H]1CN(c2ccc(C3(O)C=CS(O)(O)CC3O)c(F)c2)C(=O)O1. The Balaban J connectivity index is 1.82. The van der Waals surface area contributed by atoms with Crippen molar-refractivity contribution < 1.29 is 38.0 Å². The second-order valence-corrected chi connectivity index (χ2v) is 8.79. The molecule has 11 heteroatoms. The number of rotatable bonds is 4. The van der Waals surface area contributed by atoms with Gasteiger partial charge in [-0.2, -0.15) is 10.6 Å². The van der Waals surface area contributed by atoms with Gasteiger partial charge in [0.2, 0.25) is 5.91 Å². The molecule has 2 aliphatic heterocycles. The van der Waals surface area contributed by atoms with E-state index in [0.717, 1.165) is 17.6 Å². The van der Waals surface area contributed by atoms with E-state index in [1.807, 2.05) is 0 Å². The molecule has 2 unspecified atom stereocenters. The number of anilines is 1. The molecular weight excluding hydrogens is 395 g/mol. The predicted molar refractivity (Wildman–Crippen MR) is 99.5 cm³/mol. The van der Waals surface area contributed by atoms with Gasteiger partial charge in [-0.15, -0.1) is 0 Å². The lowest BCUT2D eigenvalue weighted by Gasteiger charge is -2.42. The van der Waals surface area contributed by atoms with Crippen LogP contribution >= 0.6 is 10.6 Å². The summed E-state index contributed by atoms with van der Waals surface area (Å²) in [5.41, 5.74) is -2.22. The van der Waals surface area contributed by atoms with Gasteiger partial charge in [0.1, 0.15) is 23.6 Å². The Hall–Kier alpha value is -2.18. The minimum Gasteiger partial charge on any atom is -0.442 e. The number of nitrogens with zero attached hydrogens (tertiary/aromatic N) is 1. The van der Waals surface area contributed by atoms with E-state index in [1.165, 1.54) is 24.0 Å². The normalized spacial score (nSPS) is 30.1. The van der Waals surface area contributed by atoms with Crippen molar-refractivity contribution in [3.8, 4) is 0 Å². The zero-order valence-corrected chi connectivity index (χ0v) is 15.7. The zero-order chi connectivity index (χ0) is 20.7. The lowest BCUT2D eigenvalue weighted by Crippen LogP contribution is -2.44. The summed E-state index contributed by atoms with van der Waals surface area (Å²) >= 11 is 0. The molecule has 0 aliphatic carbocycles. The summed E-state index contributed by atoms with van der Waals surface area (Å²) < 4.78 is 39.1. The Morgan fingerprint density at radius 3 is 2.79 bits per heavy atom. The maximum absolute atomic E-state index is 14.7. The van der Waals surface area contributed by atoms with Crippen LogP contribution in [0, 0.1) is 5.82 Å². The van der Waals surface area contributed by atoms with Gasteiger partial charge in [-0.3, -0.25) is 18.8 Å². The first kappa shape index (κ1) is 20.6. The Morgan fingerprint density at radius 2 is 2.18 bits per heavy atom. The molecule has 2 aliphatic rings. The highest BCUT2D eigenvalue weighted by Crippen LogP contribution is 2.49. The standard InChI is InChI=1S/C17H21FN2O7S/c1-10(21)19-7-12-8-20(16(23)27-12)11-2-3-13(14(18)6-11)17(24)4-5-28(25,26)9-15(17)22/h2-6,12,15,22,24-26H,7-9H2,1H3,(H,19,21)/t12-,15?,17?/m0/s1. The van der Waals surface area contributed by atoms with Crippen molar-refractivity contribution >= 4 is 28.3 Å². The van der Waals surface area contributed by atoms with Crippen LogP contribution in [0.5, 0.6) is 0 Å². The Bertz CT molecular complexity index is 834. The number of amides is 2. The number of hydrogen-bond donors (Lipinski definition) is 5. The molecule has 9 nitrogen and oxygen atoms in total. The van der Waals surface area contributed by atoms with Crippen molar-refractivity contribution in [3.05, 3.63) is 41.1 Å². The van der Waals surface area contributed by atoms with Crippen molar-refractivity contribution in [1.29, 1.82) is 0 Å². The van der Waals surface area contributed by atoms with Gasteiger partial charge in [-0.25, -0.2) is 9.18 Å². The van der Waals surface area contributed by atoms with Gasteiger partial charge in [0.15, 0.2) is 0 Å². The van der Waals surface area contributed by atoms with Gasteiger partial charge in [-0.05, 0) is 18.2 Å². The molecule has 0 bridgehead atoms. The molecule has 0 saturated carbocycles. The highest BCUT2D eigenvalue weighted by molar-refractivity contribution is 8.26. The van der Waals surface area contributed by atoms with Crippen molar-refractivity contribution in [2.45, 2.75) is 24.7 Å². The Labute approximate surface area is 161 Å². The number of cyclic esters (lactones) is 1. The number of carbonyl (C=O) groups excluding carboxylic acids is 2. The van der Waals surface area contributed by atoms with E-state index in [2.05, 4.69) is 5.32 Å². The maximum atomic E-state index is 14.7. The molecule has 1 aromatic rings. The average Bonchev–Trinajstić information content (AvgIpc) is 2.97. The van der Waals surface area contributed by atoms with Gasteiger partial charge < -0.3 is 20.3 Å². The van der Waals surface area contributed by atoms with Crippen LogP contribution in [0.2, 0.25) is 0 Å². The molecular formula is C17H21FN2O7S. The first-order valence-electron chi connectivity index (χ1n) is 8.40. The number of benzene rings is 1. The highest BCUT2D eigenvalue weighted by Gasteiger charge is 2.43. The van der Waals surface area contributed by atoms with Gasteiger partial charge >= 0.3 is 6.09 Å². The number of carbonyl (C=O) groups is 2. The van der Waals surface area contributed by atoms with E-state index in [-0.39, 0.29) is 30.2 Å². The van der Waals surface area contributed by atoms with E-state index < -0.39 is 46.1 Å². The summed E-state index contributed by atoms with van der Waals surface area (Å²) in [7, 11) is -3.18. The summed E-state index contributed by atoms with van der Waals surface area (Å²) in [6.45, 7) is 1.56. The third kappa shape index (κ3) is 3.98. The van der Waals surface area contributed by atoms with Crippen molar-refractivity contribution in [1.82, 2.24) is 5.32 Å². The summed E-state index contributed by atoms with van der Waals surface area (Å²) in [6, 6.07) is 3.61. The first-order valence-corrected chi connectivity index (χ1v) is 10.2. The number of halogens is 1. The van der Waals surface area contributed by atoms with E-state index in [0.29, 0.717) is 0 Å². The monoisotopic (exact) mass is 416 g/mol. The molecule has 2 heterocycles. The van der Waals surface area contributed by atoms with Gasteiger partial charge in [0, 0.05) is 17.9 Å². The van der Waals surface area contributed by atoms with E-state index >= 15 is 0 Å². The van der Waals surface area contributed by atoms with Crippen LogP contribution in [0.15, 0.2) is 29.7 Å². The van der Waals surface area contributed by atoms with Crippen molar-refractivity contribution in [2.24, 2.45) is 0 Å². The van der Waals surface area contributed by atoms with Crippen molar-refractivity contribution in [3.63, 3.8) is 0 Å². The fraction of sp³-hybridized carbons (Fsp3) is 0.412. The molecule has 2 amide bonds. The number of aliphatic hydroxyl groups is 2. The van der Waals surface area contributed by atoms with Gasteiger partial charge in [0.05, 0.1) is 24.5 Å². The predicted octanol–water partition coefficient (Wildman–Crippen LogP) is 1.11. The number of hydrogen-bond acceptors (Lipinski definition) is 7. The molecule has 154 valence electrons. The van der Waals surface area contributed by atoms with Crippen LogP contribution in [0.25, 0.3) is 0 Å². The minimum atomic E-state index is -3.18. The third-order valence-corrected chi connectivity index (χ3v) is 5.98. The molecule has 1 aromatic carbocycles. The average molecular weight is 416 g/mol. The largest absolute Gasteiger partial charge is 0.442 e. The van der Waals surface area contributed by atoms with E-state index in [4.69, 9.17) is 4.74 Å². The third-order valence-electron chi connectivity index (χ3n) is 4.60. The summed E-state index contributed by atoms with van der Waals surface area (Å²) in [5, 5.41) is 24.3. The molecule has 1 fully saturated rings. The number of aliphatic hydroxyl groups excluding tert-OH is 1. The molecule has 1 saturated heterocycles. The Kier molecular flexibility index (Phi) is 5.38. The second-order valence-electron chi connectivity index (χ2n) is 6.75. The van der Waals surface area contributed by atoms with E-state index in [9.17, 15) is 33.3 Å². The van der Waals surface area contributed by atoms with Gasteiger partial charge in [-0.1, -0.05) is 6.07 Å². The minimum absolute atomic E-state index is 0.103. The number of ether oxygens (including phenoxy) is 1. The molecule has 3 rings (SSSR count). The van der Waals surface area contributed by atoms with Crippen LogP contribution in [0.3, 0.4) is 0 Å². The maximum Gasteiger partial charge on any atom is 0.414 e. The molecule has 28 heavy (non-hydrogen) atoms. The summed E-state index contributed by atoms with van der Waals surface area (Å²) in [4.78, 5) is 24.2. The van der Waals surface area contributed by atoms with Crippen LogP contribution in [0.4, 0.5) is 14.9 Å². The lowest BCUT2D eigenvalue weighted by atomic mass is 9.88. The zero-order valence-electron chi connectivity index (χ0n) is 14.9. The van der Waals surface area contributed by atoms with Gasteiger partial charge in [0.25, 0.3) is 0 Å². The molecule has 0 aromatic heterocycles. The van der Waals surface area contributed by atoms with Crippen LogP contribution in [-0.2, 0) is 15.1 Å². The second kappa shape index (κ2) is 7.33.